The SMILES string of the molecule is COc1ccccc1OCC1(C(C)=S)N(C(=O)c2cc(OC)c(OC)c(OC)c2)CC[S+]1[O-]. The van der Waals surface area contributed by atoms with Gasteiger partial charge in [0.15, 0.2) is 29.6 Å². The molecular weight excluding hydrogens is 466 g/mol. The number of amides is 1. The van der Waals surface area contributed by atoms with Crippen molar-refractivity contribution in [3.05, 3.63) is 42.0 Å². The van der Waals surface area contributed by atoms with Crippen molar-refractivity contribution in [2.24, 2.45) is 0 Å². The molecule has 0 spiro atoms. The molecule has 2 aromatic rings. The zero-order valence-corrected chi connectivity index (χ0v) is 20.8. The first-order valence-corrected chi connectivity index (χ1v) is 11.8. The lowest BCUT2D eigenvalue weighted by Crippen LogP contribution is -2.59. The minimum Gasteiger partial charge on any atom is -0.614 e. The summed E-state index contributed by atoms with van der Waals surface area (Å²) in [5.74, 6) is 1.97. The summed E-state index contributed by atoms with van der Waals surface area (Å²) in [4.78, 5) is 14.3. The van der Waals surface area contributed by atoms with Crippen molar-refractivity contribution in [3.8, 4) is 28.7 Å². The molecule has 8 nitrogen and oxygen atoms in total. The third kappa shape index (κ3) is 4.55. The number of rotatable bonds is 9. The third-order valence-corrected chi connectivity index (χ3v) is 7.93. The summed E-state index contributed by atoms with van der Waals surface area (Å²) in [6.07, 6.45) is 0. The van der Waals surface area contributed by atoms with Gasteiger partial charge in [-0.05, 0) is 42.4 Å². The van der Waals surface area contributed by atoms with Crippen LogP contribution in [0.1, 0.15) is 17.3 Å². The molecule has 3 rings (SSSR count). The molecule has 1 aliphatic heterocycles. The Hall–Kier alpha value is -2.69. The summed E-state index contributed by atoms with van der Waals surface area (Å²) in [7, 11) is 5.98. The van der Waals surface area contributed by atoms with E-state index in [-0.39, 0.29) is 24.8 Å². The van der Waals surface area contributed by atoms with Crippen LogP contribution in [0.2, 0.25) is 0 Å². The summed E-state index contributed by atoms with van der Waals surface area (Å²) in [5, 5.41) is 0. The number of benzene rings is 2. The van der Waals surface area contributed by atoms with Crippen molar-refractivity contribution in [3.63, 3.8) is 0 Å². The molecular formula is C23H27NO7S2. The highest BCUT2D eigenvalue weighted by atomic mass is 32.2. The van der Waals surface area contributed by atoms with Crippen molar-refractivity contribution in [2.45, 2.75) is 11.8 Å². The van der Waals surface area contributed by atoms with Gasteiger partial charge in [-0.1, -0.05) is 24.4 Å². The van der Waals surface area contributed by atoms with Gasteiger partial charge in [-0.25, -0.2) is 0 Å². The summed E-state index contributed by atoms with van der Waals surface area (Å²) in [5.41, 5.74) is 0.293. The molecule has 0 aliphatic carbocycles. The molecule has 1 heterocycles. The number of ether oxygens (including phenoxy) is 5. The predicted molar refractivity (Wildman–Crippen MR) is 130 cm³/mol. The van der Waals surface area contributed by atoms with Crippen molar-refractivity contribution in [1.82, 2.24) is 4.90 Å². The van der Waals surface area contributed by atoms with Gasteiger partial charge >= 0.3 is 0 Å². The van der Waals surface area contributed by atoms with Gasteiger partial charge in [-0.3, -0.25) is 9.69 Å². The summed E-state index contributed by atoms with van der Waals surface area (Å²) >= 11 is 4.07. The summed E-state index contributed by atoms with van der Waals surface area (Å²) in [6, 6.07) is 10.3. The van der Waals surface area contributed by atoms with E-state index in [1.165, 1.54) is 33.3 Å². The molecule has 0 aromatic heterocycles. The third-order valence-electron chi connectivity index (χ3n) is 5.51. The average molecular weight is 494 g/mol. The Labute approximate surface area is 201 Å². The van der Waals surface area contributed by atoms with Gasteiger partial charge in [0.1, 0.15) is 5.75 Å². The number of carbonyl (C=O) groups excluding carboxylic acids is 1. The molecule has 1 saturated heterocycles. The molecule has 2 atom stereocenters. The Kier molecular flexibility index (Phi) is 7.93. The van der Waals surface area contributed by atoms with E-state index in [1.54, 1.807) is 37.3 Å². The van der Waals surface area contributed by atoms with E-state index in [4.69, 9.17) is 35.9 Å². The Bertz CT molecular complexity index is 1010. The molecule has 0 radical (unpaired) electrons. The van der Waals surface area contributed by atoms with Crippen molar-refractivity contribution in [2.75, 3.05) is 47.3 Å². The molecule has 1 aliphatic rings. The number of methoxy groups -OCH3 is 4. The van der Waals surface area contributed by atoms with E-state index in [0.717, 1.165) is 0 Å². The van der Waals surface area contributed by atoms with Crippen LogP contribution in [0, 0.1) is 0 Å². The minimum atomic E-state index is -1.47. The summed E-state index contributed by atoms with van der Waals surface area (Å²) in [6.45, 7) is 1.86. The average Bonchev–Trinajstić information content (AvgIpc) is 3.18. The number of thiocarbonyl (C=S) groups is 1. The van der Waals surface area contributed by atoms with Crippen LogP contribution in [0.15, 0.2) is 36.4 Å². The fourth-order valence-electron chi connectivity index (χ4n) is 3.78. The molecule has 1 fully saturated rings. The van der Waals surface area contributed by atoms with Gasteiger partial charge in [0, 0.05) is 5.56 Å². The van der Waals surface area contributed by atoms with Gasteiger partial charge in [-0.15, -0.1) is 0 Å². The molecule has 2 aromatic carbocycles. The molecule has 2 unspecified atom stereocenters. The van der Waals surface area contributed by atoms with E-state index in [0.29, 0.717) is 39.2 Å². The molecule has 178 valence electrons. The van der Waals surface area contributed by atoms with Crippen LogP contribution in [0.5, 0.6) is 28.7 Å². The van der Waals surface area contributed by atoms with Crippen LogP contribution in [0.4, 0.5) is 0 Å². The zero-order valence-electron chi connectivity index (χ0n) is 19.2. The van der Waals surface area contributed by atoms with Gasteiger partial charge in [0.2, 0.25) is 5.75 Å². The minimum absolute atomic E-state index is 0.0779. The van der Waals surface area contributed by atoms with E-state index < -0.39 is 16.0 Å². The van der Waals surface area contributed by atoms with Crippen LogP contribution in [0.25, 0.3) is 0 Å². The normalized spacial score (nSPS) is 19.7. The van der Waals surface area contributed by atoms with Crippen LogP contribution in [-0.4, -0.2) is 72.4 Å². The Morgan fingerprint density at radius 3 is 2.12 bits per heavy atom. The number of nitrogens with zero attached hydrogens (tertiary/aromatic N) is 1. The number of hydrogen-bond acceptors (Lipinski definition) is 8. The maximum Gasteiger partial charge on any atom is 0.267 e. The lowest BCUT2D eigenvalue weighted by atomic mass is 10.1. The lowest BCUT2D eigenvalue weighted by Gasteiger charge is -2.36. The molecule has 10 heteroatoms. The zero-order chi connectivity index (χ0) is 24.2. The van der Waals surface area contributed by atoms with E-state index >= 15 is 0 Å². The van der Waals surface area contributed by atoms with Crippen LogP contribution in [0.3, 0.4) is 0 Å². The monoisotopic (exact) mass is 493 g/mol. The van der Waals surface area contributed by atoms with E-state index in [2.05, 4.69) is 0 Å². The lowest BCUT2D eigenvalue weighted by molar-refractivity contribution is 0.0676. The Morgan fingerprint density at radius 2 is 1.61 bits per heavy atom. The fraction of sp³-hybridized carbons (Fsp3) is 0.391. The van der Waals surface area contributed by atoms with Gasteiger partial charge < -0.3 is 28.2 Å². The van der Waals surface area contributed by atoms with Gasteiger partial charge in [-0.2, -0.15) is 0 Å². The molecule has 0 saturated carbocycles. The van der Waals surface area contributed by atoms with Crippen LogP contribution < -0.4 is 23.7 Å². The number of para-hydroxylation sites is 2. The Balaban J connectivity index is 2.00. The molecule has 1 amide bonds. The van der Waals surface area contributed by atoms with Gasteiger partial charge in [0.05, 0.1) is 39.8 Å². The molecule has 0 bridgehead atoms. The quantitative estimate of drug-likeness (QED) is 0.389. The predicted octanol–water partition coefficient (Wildman–Crippen LogP) is 3.09. The van der Waals surface area contributed by atoms with Gasteiger partial charge in [0.25, 0.3) is 10.8 Å². The topological polar surface area (TPSA) is 89.5 Å². The standard InChI is InChI=1S/C23H27NO7S2/c1-15(32)23(14-31-18-9-7-6-8-17(18)27-2)24(10-11-33(23)26)22(25)16-12-19(28-3)21(30-5)20(13-16)29-4/h6-9,12-13H,10-11,14H2,1-5H3. The molecule has 33 heavy (non-hydrogen) atoms. The maximum absolute atomic E-state index is 13.7. The first kappa shape index (κ1) is 24.9. The number of hydrogen-bond donors (Lipinski definition) is 0. The van der Waals surface area contributed by atoms with E-state index in [9.17, 15) is 9.35 Å². The second-order valence-corrected chi connectivity index (χ2v) is 9.59. The first-order chi connectivity index (χ1) is 15.8. The first-order valence-electron chi connectivity index (χ1n) is 10.1. The Morgan fingerprint density at radius 1 is 1.03 bits per heavy atom. The van der Waals surface area contributed by atoms with Crippen LogP contribution >= 0.6 is 12.2 Å². The molecule has 0 N–H and O–H groups in total. The largest absolute Gasteiger partial charge is 0.614 e. The van der Waals surface area contributed by atoms with Crippen LogP contribution in [-0.2, 0) is 11.2 Å². The highest BCUT2D eigenvalue weighted by molar-refractivity contribution is 7.95. The van der Waals surface area contributed by atoms with Crippen molar-refractivity contribution >= 4 is 34.2 Å². The maximum atomic E-state index is 13.7. The summed E-state index contributed by atoms with van der Waals surface area (Å²) < 4.78 is 40.7. The second kappa shape index (κ2) is 10.5. The highest BCUT2D eigenvalue weighted by Crippen LogP contribution is 2.41. The fourth-order valence-corrected chi connectivity index (χ4v) is 5.85. The van der Waals surface area contributed by atoms with Crippen molar-refractivity contribution < 1.29 is 33.0 Å². The van der Waals surface area contributed by atoms with E-state index in [1.807, 2.05) is 6.07 Å². The number of carbonyl (C=O) groups is 1. The highest BCUT2D eigenvalue weighted by Gasteiger charge is 2.58. The van der Waals surface area contributed by atoms with Crippen molar-refractivity contribution in [1.29, 1.82) is 0 Å². The second-order valence-electron chi connectivity index (χ2n) is 7.20. The smallest absolute Gasteiger partial charge is 0.267 e.